The van der Waals surface area contributed by atoms with Crippen molar-refractivity contribution in [3.63, 3.8) is 0 Å². The Kier molecular flexibility index (Phi) is 56.7. The fourth-order valence-electron chi connectivity index (χ4n) is 9.26. The van der Waals surface area contributed by atoms with Crippen LogP contribution in [0.15, 0.2) is 24.3 Å². The molecule has 0 aromatic carbocycles. The van der Waals surface area contributed by atoms with Gasteiger partial charge in [0.05, 0.1) is 0 Å². The average molecular weight is 972 g/mol. The minimum Gasteiger partial charge on any atom is -0.462 e. The Bertz CT molecular complexity index is 1110. The zero-order valence-corrected chi connectivity index (χ0v) is 46.6. The Morgan fingerprint density at radius 1 is 0.275 bits per heavy atom. The van der Waals surface area contributed by atoms with Gasteiger partial charge in [-0.3, -0.25) is 14.4 Å². The first kappa shape index (κ1) is 66.9. The first-order valence-corrected chi connectivity index (χ1v) is 30.8. The van der Waals surface area contributed by atoms with Crippen molar-refractivity contribution >= 4 is 17.9 Å². The summed E-state index contributed by atoms with van der Waals surface area (Å²) >= 11 is 0. The number of hydrogen-bond donors (Lipinski definition) is 0. The molecular weight excluding hydrogens is 853 g/mol. The van der Waals surface area contributed by atoms with Crippen LogP contribution in [0.2, 0.25) is 0 Å². The molecule has 0 radical (unpaired) electrons. The van der Waals surface area contributed by atoms with Crippen molar-refractivity contribution in [1.82, 2.24) is 0 Å². The number of rotatable bonds is 57. The van der Waals surface area contributed by atoms with Gasteiger partial charge in [0.25, 0.3) is 0 Å². The first-order valence-electron chi connectivity index (χ1n) is 30.8. The van der Waals surface area contributed by atoms with E-state index in [0.29, 0.717) is 19.3 Å². The van der Waals surface area contributed by atoms with Crippen LogP contribution in [0.25, 0.3) is 0 Å². The maximum Gasteiger partial charge on any atom is 0.306 e. The SMILES string of the molecule is CCCCC/C=C\CCCCCCCC(=O)OC(COC(=O)CCCCCCCCCC)COC(=O)CCCCCCCCCCCCCCCCCCCCC/C=C\CCCCCCCCCC. The first-order chi connectivity index (χ1) is 34.0. The lowest BCUT2D eigenvalue weighted by molar-refractivity contribution is -0.167. The Balaban J connectivity index is 3.96. The summed E-state index contributed by atoms with van der Waals surface area (Å²) in [5.41, 5.74) is 0. The number of unbranched alkanes of at least 4 members (excludes halogenated alkanes) is 42. The van der Waals surface area contributed by atoms with E-state index in [2.05, 4.69) is 45.1 Å². The second-order valence-electron chi connectivity index (χ2n) is 21.0. The van der Waals surface area contributed by atoms with E-state index in [1.165, 1.54) is 238 Å². The second-order valence-corrected chi connectivity index (χ2v) is 21.0. The third-order valence-corrected chi connectivity index (χ3v) is 13.9. The summed E-state index contributed by atoms with van der Waals surface area (Å²) < 4.78 is 16.8. The van der Waals surface area contributed by atoms with Gasteiger partial charge in [-0.15, -0.1) is 0 Å². The summed E-state index contributed by atoms with van der Waals surface area (Å²) in [7, 11) is 0. The number of hydrogen-bond acceptors (Lipinski definition) is 6. The smallest absolute Gasteiger partial charge is 0.306 e. The summed E-state index contributed by atoms with van der Waals surface area (Å²) in [6.45, 7) is 6.62. The summed E-state index contributed by atoms with van der Waals surface area (Å²) in [5, 5.41) is 0. The van der Waals surface area contributed by atoms with E-state index in [1.54, 1.807) is 0 Å². The van der Waals surface area contributed by atoms with Gasteiger partial charge < -0.3 is 14.2 Å². The summed E-state index contributed by atoms with van der Waals surface area (Å²) in [4.78, 5) is 37.9. The highest BCUT2D eigenvalue weighted by Gasteiger charge is 2.19. The van der Waals surface area contributed by atoms with Crippen molar-refractivity contribution in [2.24, 2.45) is 0 Å². The topological polar surface area (TPSA) is 78.9 Å². The van der Waals surface area contributed by atoms with Crippen LogP contribution in [0.5, 0.6) is 0 Å². The van der Waals surface area contributed by atoms with E-state index in [1.807, 2.05) is 0 Å². The fourth-order valence-corrected chi connectivity index (χ4v) is 9.26. The van der Waals surface area contributed by atoms with E-state index >= 15 is 0 Å². The van der Waals surface area contributed by atoms with E-state index in [0.717, 1.165) is 64.2 Å². The van der Waals surface area contributed by atoms with Crippen molar-refractivity contribution < 1.29 is 28.6 Å². The van der Waals surface area contributed by atoms with Gasteiger partial charge in [-0.25, -0.2) is 0 Å². The lowest BCUT2D eigenvalue weighted by Crippen LogP contribution is -2.30. The predicted octanol–water partition coefficient (Wildman–Crippen LogP) is 20.7. The molecule has 406 valence electrons. The molecule has 0 bridgehead atoms. The Morgan fingerprint density at radius 3 is 0.754 bits per heavy atom. The van der Waals surface area contributed by atoms with Crippen LogP contribution < -0.4 is 0 Å². The monoisotopic (exact) mass is 971 g/mol. The maximum absolute atomic E-state index is 12.8. The van der Waals surface area contributed by atoms with Crippen molar-refractivity contribution in [3.8, 4) is 0 Å². The number of allylic oxidation sites excluding steroid dienone is 4. The highest BCUT2D eigenvalue weighted by molar-refractivity contribution is 5.71. The maximum atomic E-state index is 12.8. The molecule has 0 heterocycles. The van der Waals surface area contributed by atoms with E-state index in [-0.39, 0.29) is 31.1 Å². The zero-order valence-electron chi connectivity index (χ0n) is 46.6. The molecule has 0 amide bonds. The molecule has 0 saturated heterocycles. The molecule has 0 spiro atoms. The largest absolute Gasteiger partial charge is 0.462 e. The van der Waals surface area contributed by atoms with Crippen molar-refractivity contribution in [3.05, 3.63) is 24.3 Å². The number of ether oxygens (including phenoxy) is 3. The molecule has 0 aliphatic heterocycles. The highest BCUT2D eigenvalue weighted by atomic mass is 16.6. The van der Waals surface area contributed by atoms with Crippen LogP contribution in [0, 0.1) is 0 Å². The van der Waals surface area contributed by atoms with Gasteiger partial charge in [-0.05, 0) is 70.6 Å². The highest BCUT2D eigenvalue weighted by Crippen LogP contribution is 2.17. The lowest BCUT2D eigenvalue weighted by atomic mass is 10.0. The predicted molar refractivity (Wildman–Crippen MR) is 298 cm³/mol. The van der Waals surface area contributed by atoms with E-state index < -0.39 is 6.10 Å². The fraction of sp³-hybridized carbons (Fsp3) is 0.889. The quantitative estimate of drug-likeness (QED) is 0.0261. The van der Waals surface area contributed by atoms with Crippen molar-refractivity contribution in [1.29, 1.82) is 0 Å². The lowest BCUT2D eigenvalue weighted by Gasteiger charge is -2.18. The molecule has 0 aliphatic carbocycles. The Hall–Kier alpha value is -2.11. The molecule has 0 rings (SSSR count). The minimum atomic E-state index is -0.769. The van der Waals surface area contributed by atoms with Crippen LogP contribution in [0.3, 0.4) is 0 Å². The molecule has 0 saturated carbocycles. The molecule has 0 fully saturated rings. The summed E-state index contributed by atoms with van der Waals surface area (Å²) in [6, 6.07) is 0. The normalized spacial score (nSPS) is 12.1. The van der Waals surface area contributed by atoms with Crippen LogP contribution in [-0.4, -0.2) is 37.2 Å². The summed E-state index contributed by atoms with van der Waals surface area (Å²) in [6.07, 6.45) is 69.4. The van der Waals surface area contributed by atoms with Gasteiger partial charge in [0.15, 0.2) is 6.10 Å². The molecule has 0 N–H and O–H groups in total. The zero-order chi connectivity index (χ0) is 50.0. The molecular formula is C63H118O6. The number of esters is 3. The van der Waals surface area contributed by atoms with Crippen LogP contribution in [-0.2, 0) is 28.6 Å². The van der Waals surface area contributed by atoms with Gasteiger partial charge in [0.1, 0.15) is 13.2 Å². The molecule has 1 atom stereocenters. The van der Waals surface area contributed by atoms with E-state index in [9.17, 15) is 14.4 Å². The van der Waals surface area contributed by atoms with Gasteiger partial charge in [-0.2, -0.15) is 0 Å². The standard InChI is InChI=1S/C63H118O6/c1-4-7-10-13-16-19-21-23-24-25-26-27-28-29-30-31-32-33-34-35-36-37-38-39-40-41-43-44-47-50-53-56-62(65)68-59-60(58-67-61(64)55-52-49-46-18-15-12-9-6-3)69-63(66)57-54-51-48-45-42-22-20-17-14-11-8-5-2/h17,20,25-26,60H,4-16,18-19,21-24,27-59H2,1-3H3/b20-17-,26-25-. The third kappa shape index (κ3) is 56.7. The van der Waals surface area contributed by atoms with Crippen molar-refractivity contribution in [2.75, 3.05) is 13.2 Å². The molecule has 0 aliphatic rings. The molecule has 0 aromatic heterocycles. The van der Waals surface area contributed by atoms with Crippen LogP contribution in [0.4, 0.5) is 0 Å². The van der Waals surface area contributed by atoms with Crippen molar-refractivity contribution in [2.45, 2.75) is 348 Å². The third-order valence-electron chi connectivity index (χ3n) is 13.9. The van der Waals surface area contributed by atoms with Gasteiger partial charge in [0, 0.05) is 19.3 Å². The number of carbonyl (C=O) groups excluding carboxylic acids is 3. The van der Waals surface area contributed by atoms with E-state index in [4.69, 9.17) is 14.2 Å². The van der Waals surface area contributed by atoms with Gasteiger partial charge in [0.2, 0.25) is 0 Å². The Morgan fingerprint density at radius 2 is 0.478 bits per heavy atom. The molecule has 1 unspecified atom stereocenters. The van der Waals surface area contributed by atoms with Gasteiger partial charge >= 0.3 is 17.9 Å². The summed E-state index contributed by atoms with van der Waals surface area (Å²) in [5.74, 6) is -0.866. The molecule has 69 heavy (non-hydrogen) atoms. The molecule has 6 heteroatoms. The second kappa shape index (κ2) is 58.5. The molecule has 0 aromatic rings. The Labute approximate surface area is 430 Å². The van der Waals surface area contributed by atoms with Crippen LogP contribution >= 0.6 is 0 Å². The van der Waals surface area contributed by atoms with Gasteiger partial charge in [-0.1, -0.05) is 276 Å². The minimum absolute atomic E-state index is 0.0698. The molecule has 6 nitrogen and oxygen atoms in total. The van der Waals surface area contributed by atoms with Crippen LogP contribution in [0.1, 0.15) is 342 Å². The average Bonchev–Trinajstić information content (AvgIpc) is 3.35. The number of carbonyl (C=O) groups is 3.